The molecule has 1 rings (SSSR count). The number of aromatic nitrogens is 2. The molecule has 0 spiro atoms. The van der Waals surface area contributed by atoms with Gasteiger partial charge >= 0.3 is 0 Å². The lowest BCUT2D eigenvalue weighted by molar-refractivity contribution is -0.142. The fraction of sp³-hybridized carbons (Fsp3) is 0.200. The molecule has 1 N–H and O–H groups in total. The van der Waals surface area contributed by atoms with E-state index in [2.05, 4.69) is 15.1 Å². The summed E-state index contributed by atoms with van der Waals surface area (Å²) >= 11 is 0. The van der Waals surface area contributed by atoms with Crippen molar-refractivity contribution in [1.82, 2.24) is 10.2 Å². The predicted molar refractivity (Wildman–Crippen MR) is 30.0 cm³/mol. The van der Waals surface area contributed by atoms with Crippen LogP contribution in [0, 0.1) is 6.92 Å². The number of hydrogen-bond acceptors (Lipinski definition) is 4. The molecule has 0 aliphatic rings. The number of rotatable bonds is 1. The van der Waals surface area contributed by atoms with Gasteiger partial charge < -0.3 is 4.89 Å². The first kappa shape index (κ1) is 5.97. The zero-order valence-electron chi connectivity index (χ0n) is 4.90. The van der Waals surface area contributed by atoms with E-state index in [1.165, 1.54) is 6.07 Å². The number of aryl methyl sites for hydroxylation is 1. The van der Waals surface area contributed by atoms with Crippen LogP contribution in [-0.4, -0.2) is 15.5 Å². The highest BCUT2D eigenvalue weighted by Crippen LogP contribution is 2.00. The van der Waals surface area contributed by atoms with Crippen molar-refractivity contribution in [3.05, 3.63) is 17.8 Å². The quantitative estimate of drug-likeness (QED) is 0.443. The summed E-state index contributed by atoms with van der Waals surface area (Å²) in [6.07, 6.45) is 0. The summed E-state index contributed by atoms with van der Waals surface area (Å²) in [5.74, 6) is 0.112. The van der Waals surface area contributed by atoms with Gasteiger partial charge in [-0.25, -0.2) is 5.26 Å². The Hall–Kier alpha value is -1.16. The van der Waals surface area contributed by atoms with E-state index >= 15 is 0 Å². The van der Waals surface area contributed by atoms with Gasteiger partial charge in [0, 0.05) is 6.07 Å². The van der Waals surface area contributed by atoms with Crippen molar-refractivity contribution in [3.8, 4) is 5.88 Å². The maximum Gasteiger partial charge on any atom is 0.274 e. The largest absolute Gasteiger partial charge is 0.318 e. The second-order valence-electron chi connectivity index (χ2n) is 1.60. The summed E-state index contributed by atoms with van der Waals surface area (Å²) in [5.41, 5.74) is 0.788. The van der Waals surface area contributed by atoms with Crippen molar-refractivity contribution in [1.29, 1.82) is 0 Å². The number of hydrogen-bond donors (Lipinski definition) is 1. The summed E-state index contributed by atoms with van der Waals surface area (Å²) in [4.78, 5) is 3.80. The molecular weight excluding hydrogens is 120 g/mol. The zero-order chi connectivity index (χ0) is 6.69. The van der Waals surface area contributed by atoms with E-state index < -0.39 is 0 Å². The molecule has 1 aromatic rings. The van der Waals surface area contributed by atoms with Crippen molar-refractivity contribution in [2.75, 3.05) is 0 Å². The Kier molecular flexibility index (Phi) is 1.60. The topological polar surface area (TPSA) is 55.2 Å². The molecular formula is C5H6N2O2. The minimum atomic E-state index is 0.112. The van der Waals surface area contributed by atoms with E-state index in [1.807, 2.05) is 0 Å². The first-order chi connectivity index (χ1) is 4.33. The van der Waals surface area contributed by atoms with Gasteiger partial charge in [0.2, 0.25) is 0 Å². The Labute approximate surface area is 52.0 Å². The van der Waals surface area contributed by atoms with Gasteiger partial charge in [-0.05, 0) is 13.0 Å². The molecule has 0 aliphatic carbocycles. The number of nitrogens with zero attached hydrogens (tertiary/aromatic N) is 2. The Bertz CT molecular complexity index is 185. The molecule has 0 saturated carbocycles. The fourth-order valence-electron chi connectivity index (χ4n) is 0.435. The summed E-state index contributed by atoms with van der Waals surface area (Å²) in [6, 6.07) is 3.22. The molecule has 1 aromatic heterocycles. The van der Waals surface area contributed by atoms with Crippen molar-refractivity contribution < 1.29 is 10.1 Å². The highest BCUT2D eigenvalue weighted by Gasteiger charge is 1.91. The molecule has 0 saturated heterocycles. The van der Waals surface area contributed by atoms with Crippen molar-refractivity contribution >= 4 is 0 Å². The summed E-state index contributed by atoms with van der Waals surface area (Å²) in [6.45, 7) is 1.80. The van der Waals surface area contributed by atoms with Crippen LogP contribution in [0.2, 0.25) is 0 Å². The van der Waals surface area contributed by atoms with E-state index in [0.717, 1.165) is 5.69 Å². The minimum absolute atomic E-state index is 0.112. The van der Waals surface area contributed by atoms with Crippen LogP contribution in [0.5, 0.6) is 5.88 Å². The monoisotopic (exact) mass is 126 g/mol. The van der Waals surface area contributed by atoms with Gasteiger partial charge in [0.1, 0.15) is 0 Å². The van der Waals surface area contributed by atoms with E-state index in [-0.39, 0.29) is 5.88 Å². The molecule has 0 atom stereocenters. The van der Waals surface area contributed by atoms with Crippen molar-refractivity contribution in [2.45, 2.75) is 6.92 Å². The highest BCUT2D eigenvalue weighted by molar-refractivity contribution is 5.09. The van der Waals surface area contributed by atoms with Crippen LogP contribution in [0.25, 0.3) is 0 Å². The SMILES string of the molecule is Cc1ccc(OO)nn1. The van der Waals surface area contributed by atoms with Crippen LogP contribution < -0.4 is 4.89 Å². The van der Waals surface area contributed by atoms with Crippen LogP contribution >= 0.6 is 0 Å². The molecule has 0 amide bonds. The first-order valence-electron chi connectivity index (χ1n) is 2.44. The second-order valence-corrected chi connectivity index (χ2v) is 1.60. The summed E-state index contributed by atoms with van der Waals surface area (Å²) in [5, 5.41) is 15.1. The molecule has 0 aliphatic heterocycles. The highest BCUT2D eigenvalue weighted by atomic mass is 17.1. The lowest BCUT2D eigenvalue weighted by atomic mass is 10.4. The average molecular weight is 126 g/mol. The normalized spacial score (nSPS) is 9.11. The molecule has 9 heavy (non-hydrogen) atoms. The van der Waals surface area contributed by atoms with Crippen molar-refractivity contribution in [2.24, 2.45) is 0 Å². The van der Waals surface area contributed by atoms with Crippen LogP contribution in [0.15, 0.2) is 12.1 Å². The third-order valence-corrected chi connectivity index (χ3v) is 0.867. The molecule has 4 nitrogen and oxygen atoms in total. The van der Waals surface area contributed by atoms with Crippen LogP contribution in [0.1, 0.15) is 5.69 Å². The molecule has 0 unspecified atom stereocenters. The Balaban J connectivity index is 2.88. The Morgan fingerprint density at radius 1 is 1.44 bits per heavy atom. The lowest BCUT2D eigenvalue weighted by Crippen LogP contribution is -1.91. The lowest BCUT2D eigenvalue weighted by Gasteiger charge is -1.91. The summed E-state index contributed by atoms with van der Waals surface area (Å²) in [7, 11) is 0. The Morgan fingerprint density at radius 3 is 2.67 bits per heavy atom. The third-order valence-electron chi connectivity index (χ3n) is 0.867. The van der Waals surface area contributed by atoms with Gasteiger partial charge in [0.25, 0.3) is 5.88 Å². The van der Waals surface area contributed by atoms with Gasteiger partial charge in [-0.3, -0.25) is 0 Å². The predicted octanol–water partition coefficient (Wildman–Crippen LogP) is 0.637. The molecule has 0 aromatic carbocycles. The zero-order valence-corrected chi connectivity index (χ0v) is 4.90. The van der Waals surface area contributed by atoms with Gasteiger partial charge in [-0.1, -0.05) is 0 Å². The maximum atomic E-state index is 8.03. The van der Waals surface area contributed by atoms with E-state index in [1.54, 1.807) is 13.0 Å². The summed E-state index contributed by atoms with van der Waals surface area (Å²) < 4.78 is 0. The molecule has 0 bridgehead atoms. The van der Waals surface area contributed by atoms with Crippen LogP contribution in [0.4, 0.5) is 0 Å². The van der Waals surface area contributed by atoms with Gasteiger partial charge in [0.05, 0.1) is 5.69 Å². The third kappa shape index (κ3) is 1.36. The van der Waals surface area contributed by atoms with E-state index in [0.29, 0.717) is 0 Å². The van der Waals surface area contributed by atoms with Gasteiger partial charge in [-0.2, -0.15) is 5.10 Å². The molecule has 0 fully saturated rings. The smallest absolute Gasteiger partial charge is 0.274 e. The maximum absolute atomic E-state index is 8.03. The van der Waals surface area contributed by atoms with Gasteiger partial charge in [-0.15, -0.1) is 5.10 Å². The standard InChI is InChI=1S/C5H6N2O2/c1-4-2-3-5(9-8)7-6-4/h2-3,8H,1H3. The first-order valence-corrected chi connectivity index (χ1v) is 2.44. The molecule has 1 heterocycles. The molecule has 48 valence electrons. The molecule has 0 radical (unpaired) electrons. The second kappa shape index (κ2) is 2.41. The fourth-order valence-corrected chi connectivity index (χ4v) is 0.435. The van der Waals surface area contributed by atoms with E-state index in [4.69, 9.17) is 5.26 Å². The van der Waals surface area contributed by atoms with Crippen LogP contribution in [0.3, 0.4) is 0 Å². The minimum Gasteiger partial charge on any atom is -0.318 e. The van der Waals surface area contributed by atoms with Crippen LogP contribution in [-0.2, 0) is 0 Å². The Morgan fingerprint density at radius 2 is 2.22 bits per heavy atom. The van der Waals surface area contributed by atoms with Gasteiger partial charge in [0.15, 0.2) is 0 Å². The molecule has 4 heteroatoms. The van der Waals surface area contributed by atoms with E-state index in [9.17, 15) is 0 Å². The average Bonchev–Trinajstić information content (AvgIpc) is 1.90. The van der Waals surface area contributed by atoms with Crippen molar-refractivity contribution in [3.63, 3.8) is 0 Å².